The molecule has 0 spiro atoms. The van der Waals surface area contributed by atoms with E-state index in [0.717, 1.165) is 24.4 Å². The third kappa shape index (κ3) is 3.28. The van der Waals surface area contributed by atoms with Gasteiger partial charge in [0.25, 0.3) is 5.91 Å². The van der Waals surface area contributed by atoms with Crippen molar-refractivity contribution >= 4 is 17.2 Å². The Balaban J connectivity index is 2.65. The number of aromatic nitrogens is 1. The molecule has 0 saturated heterocycles. The number of thiazole rings is 1. The van der Waals surface area contributed by atoms with Gasteiger partial charge in [0.1, 0.15) is 5.69 Å². The maximum absolute atomic E-state index is 11.8. The Kier molecular flexibility index (Phi) is 4.71. The Morgan fingerprint density at radius 1 is 1.67 bits per heavy atom. The smallest absolute Gasteiger partial charge is 0.273 e. The summed E-state index contributed by atoms with van der Waals surface area (Å²) in [6.07, 6.45) is 1.71. The molecule has 0 aliphatic heterocycles. The summed E-state index contributed by atoms with van der Waals surface area (Å²) in [5.41, 5.74) is 5.97. The van der Waals surface area contributed by atoms with E-state index in [1.54, 1.807) is 17.3 Å². The summed E-state index contributed by atoms with van der Waals surface area (Å²) in [7, 11) is 1.80. The van der Waals surface area contributed by atoms with E-state index in [4.69, 9.17) is 5.73 Å². The molecule has 15 heavy (non-hydrogen) atoms. The van der Waals surface area contributed by atoms with E-state index in [-0.39, 0.29) is 5.91 Å². The second-order valence-corrected chi connectivity index (χ2v) is 4.33. The van der Waals surface area contributed by atoms with E-state index in [1.165, 1.54) is 11.3 Å². The van der Waals surface area contributed by atoms with E-state index < -0.39 is 0 Å². The van der Waals surface area contributed by atoms with Crippen molar-refractivity contribution in [3.63, 3.8) is 0 Å². The highest BCUT2D eigenvalue weighted by Crippen LogP contribution is 2.11. The lowest BCUT2D eigenvalue weighted by atomic mass is 10.3. The lowest BCUT2D eigenvalue weighted by Crippen LogP contribution is -2.27. The Labute approximate surface area is 94.1 Å². The maximum atomic E-state index is 11.8. The van der Waals surface area contributed by atoms with Gasteiger partial charge in [-0.15, -0.1) is 11.3 Å². The van der Waals surface area contributed by atoms with Crippen LogP contribution in [0.2, 0.25) is 0 Å². The lowest BCUT2D eigenvalue weighted by Gasteiger charge is -2.13. The first-order valence-electron chi connectivity index (χ1n) is 5.09. The van der Waals surface area contributed by atoms with E-state index in [9.17, 15) is 4.79 Å². The van der Waals surface area contributed by atoms with Crippen molar-refractivity contribution in [3.8, 4) is 0 Å². The first-order chi connectivity index (χ1) is 7.19. The minimum Gasteiger partial charge on any atom is -0.340 e. The molecule has 0 fully saturated rings. The number of nitrogens with zero attached hydrogens (tertiary/aromatic N) is 2. The van der Waals surface area contributed by atoms with Crippen molar-refractivity contribution in [2.45, 2.75) is 19.8 Å². The third-order valence-electron chi connectivity index (χ3n) is 2.03. The lowest BCUT2D eigenvalue weighted by molar-refractivity contribution is 0.0790. The van der Waals surface area contributed by atoms with Gasteiger partial charge in [0.15, 0.2) is 0 Å². The fourth-order valence-corrected chi connectivity index (χ4v) is 2.07. The SMILES string of the molecule is CCCN(C)C(=O)c1csc(CCN)n1. The third-order valence-corrected chi connectivity index (χ3v) is 2.94. The first-order valence-corrected chi connectivity index (χ1v) is 5.97. The molecule has 0 radical (unpaired) electrons. The van der Waals surface area contributed by atoms with Crippen LogP contribution in [0.4, 0.5) is 0 Å². The van der Waals surface area contributed by atoms with Gasteiger partial charge in [-0.2, -0.15) is 0 Å². The summed E-state index contributed by atoms with van der Waals surface area (Å²) in [6.45, 7) is 3.39. The second kappa shape index (κ2) is 5.82. The number of carbonyl (C=O) groups excluding carboxylic acids is 1. The summed E-state index contributed by atoms with van der Waals surface area (Å²) in [6, 6.07) is 0. The van der Waals surface area contributed by atoms with Crippen molar-refractivity contribution < 1.29 is 4.79 Å². The van der Waals surface area contributed by atoms with Gasteiger partial charge in [0.2, 0.25) is 0 Å². The summed E-state index contributed by atoms with van der Waals surface area (Å²) in [5, 5.41) is 2.74. The zero-order chi connectivity index (χ0) is 11.3. The monoisotopic (exact) mass is 227 g/mol. The van der Waals surface area contributed by atoms with Crippen LogP contribution >= 0.6 is 11.3 Å². The van der Waals surface area contributed by atoms with Gasteiger partial charge >= 0.3 is 0 Å². The van der Waals surface area contributed by atoms with Crippen molar-refractivity contribution in [1.29, 1.82) is 0 Å². The molecule has 0 saturated carbocycles. The van der Waals surface area contributed by atoms with Crippen LogP contribution in [-0.2, 0) is 6.42 Å². The average molecular weight is 227 g/mol. The number of nitrogens with two attached hydrogens (primary N) is 1. The van der Waals surface area contributed by atoms with Crippen molar-refractivity contribution in [1.82, 2.24) is 9.88 Å². The molecule has 1 aromatic heterocycles. The van der Waals surface area contributed by atoms with Crippen LogP contribution in [-0.4, -0.2) is 35.9 Å². The largest absolute Gasteiger partial charge is 0.340 e. The molecule has 0 aromatic carbocycles. The normalized spacial score (nSPS) is 10.3. The summed E-state index contributed by atoms with van der Waals surface area (Å²) in [5.74, 6) is -0.00336. The van der Waals surface area contributed by atoms with Crippen LogP contribution in [0, 0.1) is 0 Å². The van der Waals surface area contributed by atoms with Gasteiger partial charge in [-0.1, -0.05) is 6.92 Å². The fourth-order valence-electron chi connectivity index (χ4n) is 1.28. The molecule has 1 amide bonds. The first kappa shape index (κ1) is 12.1. The molecule has 0 atom stereocenters. The highest BCUT2D eigenvalue weighted by molar-refractivity contribution is 7.09. The van der Waals surface area contributed by atoms with Crippen LogP contribution in [0.1, 0.15) is 28.8 Å². The van der Waals surface area contributed by atoms with Gasteiger partial charge in [-0.3, -0.25) is 4.79 Å². The van der Waals surface area contributed by atoms with Crippen molar-refractivity contribution in [2.24, 2.45) is 5.73 Å². The van der Waals surface area contributed by atoms with Crippen LogP contribution < -0.4 is 5.73 Å². The topological polar surface area (TPSA) is 59.2 Å². The molecule has 0 unspecified atom stereocenters. The number of amides is 1. The zero-order valence-corrected chi connectivity index (χ0v) is 10.0. The molecular weight excluding hydrogens is 210 g/mol. The summed E-state index contributed by atoms with van der Waals surface area (Å²) < 4.78 is 0. The Morgan fingerprint density at radius 2 is 2.40 bits per heavy atom. The number of hydrogen-bond donors (Lipinski definition) is 1. The predicted molar refractivity (Wildman–Crippen MR) is 62.1 cm³/mol. The number of carbonyl (C=O) groups is 1. The molecule has 1 rings (SSSR count). The molecular formula is C10H17N3OS. The molecule has 84 valence electrons. The maximum Gasteiger partial charge on any atom is 0.273 e. The average Bonchev–Trinajstić information content (AvgIpc) is 2.66. The molecule has 2 N–H and O–H groups in total. The molecule has 1 aromatic rings. The van der Waals surface area contributed by atoms with Crippen molar-refractivity contribution in [2.75, 3.05) is 20.1 Å². The molecule has 0 aliphatic carbocycles. The minimum atomic E-state index is -0.00336. The zero-order valence-electron chi connectivity index (χ0n) is 9.19. The quantitative estimate of drug-likeness (QED) is 0.820. The van der Waals surface area contributed by atoms with Gasteiger partial charge in [0, 0.05) is 25.4 Å². The van der Waals surface area contributed by atoms with E-state index in [2.05, 4.69) is 4.98 Å². The minimum absolute atomic E-state index is 0.00336. The number of rotatable bonds is 5. The standard InChI is InChI=1S/C10H17N3OS/c1-3-6-13(2)10(14)8-7-15-9(12-8)4-5-11/h7H,3-6,11H2,1-2H3. The van der Waals surface area contributed by atoms with Gasteiger partial charge < -0.3 is 10.6 Å². The fraction of sp³-hybridized carbons (Fsp3) is 0.600. The molecule has 0 aliphatic rings. The van der Waals surface area contributed by atoms with Gasteiger partial charge in [0.05, 0.1) is 5.01 Å². The van der Waals surface area contributed by atoms with Crippen molar-refractivity contribution in [3.05, 3.63) is 16.1 Å². The predicted octanol–water partition coefficient (Wildman–Crippen LogP) is 1.13. The highest BCUT2D eigenvalue weighted by Gasteiger charge is 2.14. The molecule has 0 bridgehead atoms. The number of hydrogen-bond acceptors (Lipinski definition) is 4. The van der Waals surface area contributed by atoms with Gasteiger partial charge in [-0.25, -0.2) is 4.98 Å². The van der Waals surface area contributed by atoms with Crippen LogP contribution in [0.15, 0.2) is 5.38 Å². The second-order valence-electron chi connectivity index (χ2n) is 3.39. The van der Waals surface area contributed by atoms with Gasteiger partial charge in [-0.05, 0) is 13.0 Å². The van der Waals surface area contributed by atoms with Crippen LogP contribution in [0.3, 0.4) is 0 Å². The Hall–Kier alpha value is -0.940. The molecule has 1 heterocycles. The van der Waals surface area contributed by atoms with Crippen LogP contribution in [0.25, 0.3) is 0 Å². The van der Waals surface area contributed by atoms with Crippen LogP contribution in [0.5, 0.6) is 0 Å². The molecule has 4 nitrogen and oxygen atoms in total. The Bertz CT molecular complexity index is 324. The summed E-state index contributed by atoms with van der Waals surface area (Å²) in [4.78, 5) is 17.7. The molecule has 5 heteroatoms. The van der Waals surface area contributed by atoms with E-state index >= 15 is 0 Å². The highest BCUT2D eigenvalue weighted by atomic mass is 32.1. The summed E-state index contributed by atoms with van der Waals surface area (Å²) >= 11 is 1.50. The van der Waals surface area contributed by atoms with E-state index in [1.807, 2.05) is 6.92 Å². The van der Waals surface area contributed by atoms with E-state index in [0.29, 0.717) is 12.2 Å². The Morgan fingerprint density at radius 3 is 3.00 bits per heavy atom.